The molecule has 2 aliphatic heterocycles. The highest BCUT2D eigenvalue weighted by molar-refractivity contribution is 8.00. The number of hydrogen-bond donors (Lipinski definition) is 1. The summed E-state index contributed by atoms with van der Waals surface area (Å²) in [6.45, 7) is 2.03. The van der Waals surface area contributed by atoms with Crippen LogP contribution in [0, 0.1) is 0 Å². The molecule has 2 unspecified atom stereocenters. The zero-order valence-corrected chi connectivity index (χ0v) is 10.2. The summed E-state index contributed by atoms with van der Waals surface area (Å²) in [6, 6.07) is 0.431. The van der Waals surface area contributed by atoms with E-state index >= 15 is 0 Å². The van der Waals surface area contributed by atoms with Crippen LogP contribution in [0.2, 0.25) is 0 Å². The van der Waals surface area contributed by atoms with E-state index < -0.39 is 0 Å². The second kappa shape index (κ2) is 5.21. The molecule has 0 aromatic rings. The van der Waals surface area contributed by atoms with E-state index in [9.17, 15) is 4.79 Å². The molecule has 86 valence electrons. The van der Waals surface area contributed by atoms with Crippen molar-refractivity contribution in [3.8, 4) is 0 Å². The summed E-state index contributed by atoms with van der Waals surface area (Å²) in [5.41, 5.74) is 0. The number of likely N-dealkylation sites (N-methyl/N-ethyl adjacent to an activating group) is 1. The Bertz CT molecular complexity index is 223. The second-order valence-corrected chi connectivity index (χ2v) is 5.76. The van der Waals surface area contributed by atoms with Gasteiger partial charge in [0.15, 0.2) is 0 Å². The third kappa shape index (κ3) is 2.67. The molecule has 2 fully saturated rings. The first-order valence-corrected chi connectivity index (χ1v) is 6.93. The Labute approximate surface area is 96.0 Å². The molecule has 1 amide bonds. The van der Waals surface area contributed by atoms with Gasteiger partial charge in [0.25, 0.3) is 0 Å². The van der Waals surface area contributed by atoms with Gasteiger partial charge in [-0.25, -0.2) is 0 Å². The van der Waals surface area contributed by atoms with E-state index in [1.165, 1.54) is 12.8 Å². The summed E-state index contributed by atoms with van der Waals surface area (Å²) in [5, 5.41) is 3.55. The summed E-state index contributed by atoms with van der Waals surface area (Å²) < 4.78 is 0. The maximum Gasteiger partial charge on any atom is 0.235 e. The molecule has 0 aliphatic carbocycles. The standard InChI is InChI=1S/C11H20N2OS/c1-13(9-5-6-12-8-9)11(14)10-4-2-3-7-15-10/h9-10,12H,2-8H2,1H3. The van der Waals surface area contributed by atoms with E-state index in [2.05, 4.69) is 5.32 Å². The summed E-state index contributed by atoms with van der Waals surface area (Å²) >= 11 is 1.85. The van der Waals surface area contributed by atoms with Gasteiger partial charge in [0.05, 0.1) is 5.25 Å². The molecule has 2 rings (SSSR count). The topological polar surface area (TPSA) is 32.3 Å². The fraction of sp³-hybridized carbons (Fsp3) is 0.909. The van der Waals surface area contributed by atoms with Crippen molar-refractivity contribution in [2.45, 2.75) is 37.0 Å². The van der Waals surface area contributed by atoms with Crippen molar-refractivity contribution in [1.29, 1.82) is 0 Å². The average Bonchev–Trinajstić information content (AvgIpc) is 2.82. The number of hydrogen-bond acceptors (Lipinski definition) is 3. The Hall–Kier alpha value is -0.220. The molecule has 0 aromatic carbocycles. The van der Waals surface area contributed by atoms with E-state index in [0.29, 0.717) is 11.9 Å². The molecular weight excluding hydrogens is 208 g/mol. The molecule has 2 aliphatic rings. The minimum absolute atomic E-state index is 0.240. The molecule has 4 heteroatoms. The Balaban J connectivity index is 1.87. The molecule has 2 heterocycles. The fourth-order valence-corrected chi connectivity index (χ4v) is 3.61. The van der Waals surface area contributed by atoms with Crippen molar-refractivity contribution < 1.29 is 4.79 Å². The molecule has 0 radical (unpaired) electrons. The largest absolute Gasteiger partial charge is 0.340 e. The van der Waals surface area contributed by atoms with E-state index in [-0.39, 0.29) is 5.25 Å². The van der Waals surface area contributed by atoms with E-state index in [4.69, 9.17) is 0 Å². The third-order valence-electron chi connectivity index (χ3n) is 3.38. The quantitative estimate of drug-likeness (QED) is 0.768. The van der Waals surface area contributed by atoms with Gasteiger partial charge in [-0.05, 0) is 31.6 Å². The van der Waals surface area contributed by atoms with Crippen molar-refractivity contribution in [3.05, 3.63) is 0 Å². The third-order valence-corrected chi connectivity index (χ3v) is 4.75. The summed E-state index contributed by atoms with van der Waals surface area (Å²) in [7, 11) is 1.97. The Morgan fingerprint density at radius 1 is 1.40 bits per heavy atom. The molecule has 0 spiro atoms. The van der Waals surface area contributed by atoms with Gasteiger partial charge in [-0.1, -0.05) is 6.42 Å². The summed E-state index contributed by atoms with van der Waals surface area (Å²) in [4.78, 5) is 14.1. The highest BCUT2D eigenvalue weighted by Gasteiger charge is 2.29. The van der Waals surface area contributed by atoms with Crippen LogP contribution >= 0.6 is 11.8 Å². The van der Waals surface area contributed by atoms with Gasteiger partial charge in [-0.3, -0.25) is 4.79 Å². The monoisotopic (exact) mass is 228 g/mol. The van der Waals surface area contributed by atoms with Crippen molar-refractivity contribution >= 4 is 17.7 Å². The number of rotatable bonds is 2. The molecule has 2 saturated heterocycles. The van der Waals surface area contributed by atoms with Crippen molar-refractivity contribution in [3.63, 3.8) is 0 Å². The first kappa shape index (κ1) is 11.3. The van der Waals surface area contributed by atoms with Crippen LogP contribution in [0.3, 0.4) is 0 Å². The van der Waals surface area contributed by atoms with E-state index in [1.807, 2.05) is 23.7 Å². The van der Waals surface area contributed by atoms with Gasteiger partial charge in [-0.15, -0.1) is 11.8 Å². The first-order chi connectivity index (χ1) is 7.29. The highest BCUT2D eigenvalue weighted by atomic mass is 32.2. The van der Waals surface area contributed by atoms with Crippen LogP contribution in [0.25, 0.3) is 0 Å². The molecule has 15 heavy (non-hydrogen) atoms. The van der Waals surface area contributed by atoms with Crippen molar-refractivity contribution in [2.75, 3.05) is 25.9 Å². The summed E-state index contributed by atoms with van der Waals surface area (Å²) in [6.07, 6.45) is 4.69. The predicted molar refractivity (Wildman–Crippen MR) is 64.1 cm³/mol. The van der Waals surface area contributed by atoms with Gasteiger partial charge in [0, 0.05) is 19.6 Å². The maximum atomic E-state index is 12.2. The average molecular weight is 228 g/mol. The minimum Gasteiger partial charge on any atom is -0.340 e. The predicted octanol–water partition coefficient (Wildman–Crippen LogP) is 1.09. The van der Waals surface area contributed by atoms with Crippen LogP contribution in [0.5, 0.6) is 0 Å². The number of amides is 1. The number of nitrogens with zero attached hydrogens (tertiary/aromatic N) is 1. The van der Waals surface area contributed by atoms with Gasteiger partial charge >= 0.3 is 0 Å². The lowest BCUT2D eigenvalue weighted by Gasteiger charge is -2.29. The van der Waals surface area contributed by atoms with Crippen LogP contribution in [-0.4, -0.2) is 48.0 Å². The first-order valence-electron chi connectivity index (χ1n) is 5.88. The van der Waals surface area contributed by atoms with Crippen LogP contribution < -0.4 is 5.32 Å². The molecule has 3 nitrogen and oxygen atoms in total. The highest BCUT2D eigenvalue weighted by Crippen LogP contribution is 2.27. The molecular formula is C11H20N2OS. The Morgan fingerprint density at radius 2 is 2.27 bits per heavy atom. The molecule has 2 atom stereocenters. The smallest absolute Gasteiger partial charge is 0.235 e. The molecule has 0 bridgehead atoms. The van der Waals surface area contributed by atoms with Gasteiger partial charge in [-0.2, -0.15) is 0 Å². The fourth-order valence-electron chi connectivity index (χ4n) is 2.31. The Morgan fingerprint density at radius 3 is 2.87 bits per heavy atom. The Kier molecular flexibility index (Phi) is 3.92. The lowest BCUT2D eigenvalue weighted by atomic mass is 10.1. The number of nitrogens with one attached hydrogen (secondary N) is 1. The zero-order chi connectivity index (χ0) is 10.7. The molecule has 1 N–H and O–H groups in total. The van der Waals surface area contributed by atoms with Crippen LogP contribution in [0.15, 0.2) is 0 Å². The maximum absolute atomic E-state index is 12.2. The van der Waals surface area contributed by atoms with Crippen LogP contribution in [0.4, 0.5) is 0 Å². The number of carbonyl (C=O) groups excluding carboxylic acids is 1. The van der Waals surface area contributed by atoms with Gasteiger partial charge in [0.1, 0.15) is 0 Å². The lowest BCUT2D eigenvalue weighted by Crippen LogP contribution is -2.43. The normalized spacial score (nSPS) is 31.5. The summed E-state index contributed by atoms with van der Waals surface area (Å²) in [5.74, 6) is 1.51. The molecule has 0 saturated carbocycles. The van der Waals surface area contributed by atoms with Crippen molar-refractivity contribution in [1.82, 2.24) is 10.2 Å². The van der Waals surface area contributed by atoms with Gasteiger partial charge in [0.2, 0.25) is 5.91 Å². The van der Waals surface area contributed by atoms with Crippen LogP contribution in [0.1, 0.15) is 25.7 Å². The number of carbonyl (C=O) groups is 1. The van der Waals surface area contributed by atoms with E-state index in [0.717, 1.165) is 31.7 Å². The zero-order valence-electron chi connectivity index (χ0n) is 9.37. The van der Waals surface area contributed by atoms with E-state index in [1.54, 1.807) is 0 Å². The molecule has 0 aromatic heterocycles. The lowest BCUT2D eigenvalue weighted by molar-refractivity contribution is -0.131. The number of thioether (sulfide) groups is 1. The van der Waals surface area contributed by atoms with Gasteiger partial charge < -0.3 is 10.2 Å². The second-order valence-electron chi connectivity index (χ2n) is 4.45. The van der Waals surface area contributed by atoms with Crippen LogP contribution in [-0.2, 0) is 4.79 Å². The SMILES string of the molecule is CN(C(=O)C1CCCCS1)C1CCNC1. The minimum atomic E-state index is 0.240. The van der Waals surface area contributed by atoms with Crippen molar-refractivity contribution in [2.24, 2.45) is 0 Å².